The molecule has 0 aliphatic heterocycles. The van der Waals surface area contributed by atoms with Crippen molar-refractivity contribution in [3.8, 4) is 5.75 Å². The molecule has 0 heterocycles. The lowest BCUT2D eigenvalue weighted by Crippen LogP contribution is -2.09. The molecular formula is C8H7Cl3MgO3. The Balaban J connectivity index is 0.00000196. The first-order valence-electron chi connectivity index (χ1n) is 3.50. The van der Waals surface area contributed by atoms with Crippen molar-refractivity contribution < 1.29 is 14.6 Å². The molecular weight excluding hydrogens is 275 g/mol. The van der Waals surface area contributed by atoms with Crippen LogP contribution in [0.5, 0.6) is 5.75 Å². The molecule has 0 unspecified atom stereocenters. The molecule has 0 amide bonds. The van der Waals surface area contributed by atoms with Crippen molar-refractivity contribution in [2.45, 2.75) is 0 Å². The molecule has 0 saturated heterocycles. The van der Waals surface area contributed by atoms with Crippen LogP contribution in [0.3, 0.4) is 0 Å². The van der Waals surface area contributed by atoms with Crippen molar-refractivity contribution in [1.82, 2.24) is 0 Å². The number of benzene rings is 1. The summed E-state index contributed by atoms with van der Waals surface area (Å²) < 4.78 is 4.86. The van der Waals surface area contributed by atoms with Crippen molar-refractivity contribution >= 4 is 63.8 Å². The number of carboxylic acid groups (broad SMARTS) is 1. The van der Waals surface area contributed by atoms with Gasteiger partial charge in [-0.25, -0.2) is 4.79 Å². The summed E-state index contributed by atoms with van der Waals surface area (Å²) in [5.74, 6) is -0.893. The van der Waals surface area contributed by atoms with E-state index in [-0.39, 0.29) is 38.8 Å². The van der Waals surface area contributed by atoms with Crippen LogP contribution in [0.25, 0.3) is 0 Å². The predicted molar refractivity (Wildman–Crippen MR) is 63.1 cm³/mol. The van der Waals surface area contributed by atoms with Gasteiger partial charge in [-0.2, -0.15) is 0 Å². The third kappa shape index (κ3) is 4.65. The van der Waals surface area contributed by atoms with Crippen molar-refractivity contribution in [1.29, 1.82) is 0 Å². The SMILES string of the molecule is O=C(O)COc1cc(Cl)c(Cl)cc1Cl.[MgH2]. The zero-order valence-corrected chi connectivity index (χ0v) is 9.03. The number of hydrogen-bond acceptors (Lipinski definition) is 2. The molecule has 0 aliphatic rings. The first-order valence-corrected chi connectivity index (χ1v) is 4.63. The number of hydrogen-bond donors (Lipinski definition) is 1. The molecule has 15 heavy (non-hydrogen) atoms. The second-order valence-corrected chi connectivity index (χ2v) is 3.60. The van der Waals surface area contributed by atoms with Gasteiger partial charge in [-0.1, -0.05) is 34.8 Å². The lowest BCUT2D eigenvalue weighted by Gasteiger charge is -2.06. The molecule has 0 radical (unpaired) electrons. The molecule has 1 aromatic carbocycles. The van der Waals surface area contributed by atoms with Gasteiger partial charge in [-0.15, -0.1) is 0 Å². The minimum atomic E-state index is -1.09. The topological polar surface area (TPSA) is 46.5 Å². The van der Waals surface area contributed by atoms with Gasteiger partial charge in [0, 0.05) is 6.07 Å². The Labute approximate surface area is 117 Å². The van der Waals surface area contributed by atoms with Crippen LogP contribution in [0.4, 0.5) is 0 Å². The molecule has 0 bridgehead atoms. The fraction of sp³-hybridized carbons (Fsp3) is 0.125. The van der Waals surface area contributed by atoms with Gasteiger partial charge in [0.05, 0.1) is 15.1 Å². The fourth-order valence-corrected chi connectivity index (χ4v) is 1.35. The highest BCUT2D eigenvalue weighted by Crippen LogP contribution is 2.33. The molecule has 7 heteroatoms. The van der Waals surface area contributed by atoms with Gasteiger partial charge in [0.15, 0.2) is 6.61 Å². The van der Waals surface area contributed by atoms with Gasteiger partial charge >= 0.3 is 29.0 Å². The summed E-state index contributed by atoms with van der Waals surface area (Å²) in [7, 11) is 0. The van der Waals surface area contributed by atoms with Gasteiger partial charge in [0.2, 0.25) is 0 Å². The third-order valence-corrected chi connectivity index (χ3v) is 2.34. The van der Waals surface area contributed by atoms with E-state index in [0.717, 1.165) is 0 Å². The average molecular weight is 282 g/mol. The quantitative estimate of drug-likeness (QED) is 0.682. The van der Waals surface area contributed by atoms with E-state index < -0.39 is 12.6 Å². The number of ether oxygens (including phenoxy) is 1. The van der Waals surface area contributed by atoms with E-state index in [1.54, 1.807) is 0 Å². The normalized spacial score (nSPS) is 9.27. The third-order valence-electron chi connectivity index (χ3n) is 1.33. The number of carboxylic acids is 1. The number of carbonyl (C=O) groups is 1. The standard InChI is InChI=1S/C8H5Cl3O3.Mg.2H/c9-4-1-6(11)7(2-5(4)10)14-3-8(12)13;;;/h1-2H,3H2,(H,12,13);;;. The highest BCUT2D eigenvalue weighted by Gasteiger charge is 2.08. The van der Waals surface area contributed by atoms with Crippen LogP contribution in [-0.2, 0) is 4.79 Å². The van der Waals surface area contributed by atoms with Crippen molar-refractivity contribution in [3.05, 3.63) is 27.2 Å². The van der Waals surface area contributed by atoms with Crippen molar-refractivity contribution in [2.24, 2.45) is 0 Å². The molecule has 0 saturated carbocycles. The summed E-state index contributed by atoms with van der Waals surface area (Å²) in [5.41, 5.74) is 0. The summed E-state index contributed by atoms with van der Waals surface area (Å²) in [4.78, 5) is 10.2. The highest BCUT2D eigenvalue weighted by molar-refractivity contribution is 6.43. The van der Waals surface area contributed by atoms with Gasteiger partial charge in [0.25, 0.3) is 0 Å². The van der Waals surface area contributed by atoms with Crippen LogP contribution in [0.15, 0.2) is 12.1 Å². The van der Waals surface area contributed by atoms with Gasteiger partial charge in [0.1, 0.15) is 5.75 Å². The lowest BCUT2D eigenvalue weighted by molar-refractivity contribution is -0.139. The van der Waals surface area contributed by atoms with E-state index in [4.69, 9.17) is 44.6 Å². The first kappa shape index (κ1) is 15.1. The molecule has 3 nitrogen and oxygen atoms in total. The second kappa shape index (κ2) is 6.65. The molecule has 0 fully saturated rings. The smallest absolute Gasteiger partial charge is 0.341 e. The molecule has 0 aromatic heterocycles. The largest absolute Gasteiger partial charge is 0.480 e. The Morgan fingerprint density at radius 1 is 1.20 bits per heavy atom. The molecule has 1 rings (SSSR count). The summed E-state index contributed by atoms with van der Waals surface area (Å²) in [6.45, 7) is -0.475. The first-order chi connectivity index (χ1) is 6.50. The summed E-state index contributed by atoms with van der Waals surface area (Å²) in [5, 5.41) is 9.14. The zero-order valence-electron chi connectivity index (χ0n) is 6.76. The molecule has 1 N–H and O–H groups in total. The lowest BCUT2D eigenvalue weighted by atomic mass is 10.3. The van der Waals surface area contributed by atoms with Crippen LogP contribution in [0.1, 0.15) is 0 Å². The summed E-state index contributed by atoms with van der Waals surface area (Å²) in [6, 6.07) is 2.76. The Kier molecular flexibility index (Phi) is 6.71. The number of rotatable bonds is 3. The Hall–Kier alpha value is 0.126. The Morgan fingerprint density at radius 2 is 1.73 bits per heavy atom. The van der Waals surface area contributed by atoms with Gasteiger partial charge in [-0.05, 0) is 6.07 Å². The van der Waals surface area contributed by atoms with Crippen LogP contribution < -0.4 is 4.74 Å². The minimum Gasteiger partial charge on any atom is -0.480 e. The van der Waals surface area contributed by atoms with E-state index in [1.165, 1.54) is 12.1 Å². The van der Waals surface area contributed by atoms with Crippen LogP contribution in [0, 0.1) is 0 Å². The van der Waals surface area contributed by atoms with Gasteiger partial charge < -0.3 is 9.84 Å². The van der Waals surface area contributed by atoms with Crippen molar-refractivity contribution in [2.75, 3.05) is 6.61 Å². The summed E-state index contributed by atoms with van der Waals surface area (Å²) in [6.07, 6.45) is 0. The monoisotopic (exact) mass is 280 g/mol. The van der Waals surface area contributed by atoms with E-state index in [2.05, 4.69) is 0 Å². The predicted octanol–water partition coefficient (Wildman–Crippen LogP) is 2.19. The van der Waals surface area contributed by atoms with E-state index in [0.29, 0.717) is 5.02 Å². The van der Waals surface area contributed by atoms with Crippen molar-refractivity contribution in [3.63, 3.8) is 0 Å². The maximum absolute atomic E-state index is 10.2. The number of halogens is 3. The maximum atomic E-state index is 10.2. The molecule has 0 atom stereocenters. The molecule has 1 aromatic rings. The van der Waals surface area contributed by atoms with Crippen LogP contribution in [0.2, 0.25) is 15.1 Å². The second-order valence-electron chi connectivity index (χ2n) is 2.38. The zero-order chi connectivity index (χ0) is 10.7. The average Bonchev–Trinajstić information content (AvgIpc) is 2.09. The Bertz CT molecular complexity index is 370. The van der Waals surface area contributed by atoms with E-state index >= 15 is 0 Å². The minimum absolute atomic E-state index is 0. The van der Waals surface area contributed by atoms with E-state index in [1.807, 2.05) is 0 Å². The van der Waals surface area contributed by atoms with Gasteiger partial charge in [-0.3, -0.25) is 0 Å². The molecule has 0 spiro atoms. The molecule has 80 valence electrons. The Morgan fingerprint density at radius 3 is 2.27 bits per heavy atom. The molecule has 0 aliphatic carbocycles. The maximum Gasteiger partial charge on any atom is 0.341 e. The van der Waals surface area contributed by atoms with E-state index in [9.17, 15) is 4.79 Å². The fourth-order valence-electron chi connectivity index (χ4n) is 0.754. The van der Waals surface area contributed by atoms with Crippen LogP contribution in [-0.4, -0.2) is 40.7 Å². The number of aliphatic carboxylic acids is 1. The van der Waals surface area contributed by atoms with Crippen LogP contribution >= 0.6 is 34.8 Å². The highest BCUT2D eigenvalue weighted by atomic mass is 35.5. The summed E-state index contributed by atoms with van der Waals surface area (Å²) >= 11 is 17.1.